The van der Waals surface area contributed by atoms with Gasteiger partial charge in [-0.2, -0.15) is 0 Å². The van der Waals surface area contributed by atoms with E-state index in [-0.39, 0.29) is 17.8 Å². The summed E-state index contributed by atoms with van der Waals surface area (Å²) in [4.78, 5) is 10.0. The first-order valence-electron chi connectivity index (χ1n) is 18.7. The molecule has 0 atom stereocenters. The Hall–Kier alpha value is -6.58. The summed E-state index contributed by atoms with van der Waals surface area (Å²) in [5.74, 6) is 0. The minimum atomic E-state index is -0.443. The molecule has 49 heavy (non-hydrogen) atoms. The average molecular weight is 629 g/mol. The number of hydrogen-bond donors (Lipinski definition) is 0. The Morgan fingerprint density at radius 3 is 1.55 bits per heavy atom. The molecule has 228 valence electrons. The van der Waals surface area contributed by atoms with Crippen LogP contribution in [-0.2, 0) is 0 Å². The van der Waals surface area contributed by atoms with Gasteiger partial charge < -0.3 is 0 Å². The molecule has 0 bridgehead atoms. The fourth-order valence-electron chi connectivity index (χ4n) is 6.99. The molecule has 0 aliphatic carbocycles. The standard InChI is InChI=1S/C46H29N3/c1-2-14-40(15-3-1)49-44-23-22-36(29-41(44)45-46(49)48-43-17-9-8-16-42(43)47-45)39-27-37(34-20-18-30-10-4-6-12-32(30)24-34)26-38(28-39)35-21-19-31-11-5-7-13-33(31)25-35/h1-29H/i1D,2D,3D,14D,15D. The lowest BCUT2D eigenvalue weighted by Crippen LogP contribution is -1.96. The van der Waals surface area contributed by atoms with E-state index in [0.717, 1.165) is 38.8 Å². The van der Waals surface area contributed by atoms with E-state index >= 15 is 0 Å². The molecule has 0 N–H and O–H groups in total. The molecular weight excluding hydrogens is 595 g/mol. The molecule has 0 saturated heterocycles. The summed E-state index contributed by atoms with van der Waals surface area (Å²) >= 11 is 0. The highest BCUT2D eigenvalue weighted by Gasteiger charge is 2.18. The first-order valence-corrected chi connectivity index (χ1v) is 16.2. The van der Waals surface area contributed by atoms with Crippen LogP contribution in [0.4, 0.5) is 0 Å². The zero-order valence-electron chi connectivity index (χ0n) is 31.2. The van der Waals surface area contributed by atoms with Crippen LogP contribution >= 0.6 is 0 Å². The minimum absolute atomic E-state index is 0.0372. The molecule has 0 amide bonds. The summed E-state index contributed by atoms with van der Waals surface area (Å²) in [7, 11) is 0. The zero-order chi connectivity index (χ0) is 36.7. The fourth-order valence-corrected chi connectivity index (χ4v) is 6.99. The monoisotopic (exact) mass is 628 g/mol. The highest BCUT2D eigenvalue weighted by atomic mass is 15.1. The summed E-state index contributed by atoms with van der Waals surface area (Å²) < 4.78 is 44.5. The lowest BCUT2D eigenvalue weighted by Gasteiger charge is -2.13. The number of benzene rings is 8. The van der Waals surface area contributed by atoms with Crippen LogP contribution in [0.1, 0.15) is 6.85 Å². The quantitative estimate of drug-likeness (QED) is 0.194. The van der Waals surface area contributed by atoms with Crippen LogP contribution in [0.25, 0.3) is 93.7 Å². The molecule has 2 aromatic heterocycles. The van der Waals surface area contributed by atoms with E-state index in [0.29, 0.717) is 27.7 Å². The predicted molar refractivity (Wildman–Crippen MR) is 205 cm³/mol. The van der Waals surface area contributed by atoms with Gasteiger partial charge in [0, 0.05) is 11.1 Å². The van der Waals surface area contributed by atoms with Crippen LogP contribution in [0.2, 0.25) is 0 Å². The van der Waals surface area contributed by atoms with Crippen LogP contribution in [0.5, 0.6) is 0 Å². The second-order valence-corrected chi connectivity index (χ2v) is 12.3. The Morgan fingerprint density at radius 1 is 0.429 bits per heavy atom. The maximum absolute atomic E-state index is 8.87. The van der Waals surface area contributed by atoms with Gasteiger partial charge in [0.2, 0.25) is 0 Å². The summed E-state index contributed by atoms with van der Waals surface area (Å²) in [6, 6.07) is 48.3. The summed E-state index contributed by atoms with van der Waals surface area (Å²) in [5, 5.41) is 5.46. The van der Waals surface area contributed by atoms with Crippen molar-refractivity contribution in [3.8, 4) is 39.1 Å². The van der Waals surface area contributed by atoms with Crippen molar-refractivity contribution in [3.63, 3.8) is 0 Å². The van der Waals surface area contributed by atoms with Crippen molar-refractivity contribution in [1.82, 2.24) is 14.5 Å². The van der Waals surface area contributed by atoms with E-state index in [1.807, 2.05) is 36.4 Å². The number of fused-ring (bicyclic) bond motifs is 6. The predicted octanol–water partition coefficient (Wildman–Crippen LogP) is 12.0. The van der Waals surface area contributed by atoms with Crippen molar-refractivity contribution in [2.75, 3.05) is 0 Å². The summed E-state index contributed by atoms with van der Waals surface area (Å²) in [5.41, 5.74) is 9.34. The van der Waals surface area contributed by atoms with Gasteiger partial charge in [-0.25, -0.2) is 9.97 Å². The van der Waals surface area contributed by atoms with Crippen LogP contribution in [0.3, 0.4) is 0 Å². The van der Waals surface area contributed by atoms with E-state index in [9.17, 15) is 0 Å². The van der Waals surface area contributed by atoms with Crippen molar-refractivity contribution in [2.24, 2.45) is 0 Å². The third-order valence-electron chi connectivity index (χ3n) is 9.40. The van der Waals surface area contributed by atoms with E-state index < -0.39 is 18.1 Å². The lowest BCUT2D eigenvalue weighted by atomic mass is 9.91. The second-order valence-electron chi connectivity index (χ2n) is 12.3. The maximum atomic E-state index is 8.87. The molecular formula is C46H29N3. The smallest absolute Gasteiger partial charge is 0.165 e. The first kappa shape index (κ1) is 22.9. The lowest BCUT2D eigenvalue weighted by molar-refractivity contribution is 1.14. The van der Waals surface area contributed by atoms with E-state index in [1.165, 1.54) is 21.5 Å². The number of rotatable bonds is 4. The SMILES string of the molecule is [2H]c1c([2H])c([2H])c(-n2c3ccc(-c4cc(-c5ccc6ccccc6c5)cc(-c5ccc6ccccc6c5)c4)cc3c3nc4ccccc4nc32)c([2H])c1[2H]. The zero-order valence-corrected chi connectivity index (χ0v) is 26.2. The molecule has 0 radical (unpaired) electrons. The Bertz CT molecular complexity index is 3060. The van der Waals surface area contributed by atoms with Crippen molar-refractivity contribution in [1.29, 1.82) is 0 Å². The van der Waals surface area contributed by atoms with Gasteiger partial charge in [0.15, 0.2) is 5.65 Å². The normalized spacial score (nSPS) is 13.1. The first-order chi connectivity index (χ1) is 26.3. The van der Waals surface area contributed by atoms with Gasteiger partial charge in [0.25, 0.3) is 0 Å². The van der Waals surface area contributed by atoms with Gasteiger partial charge in [-0.05, 0) is 122 Å². The number of hydrogen-bond acceptors (Lipinski definition) is 2. The van der Waals surface area contributed by atoms with Gasteiger partial charge in [-0.15, -0.1) is 0 Å². The molecule has 0 spiro atoms. The molecule has 8 aromatic carbocycles. The molecule has 0 unspecified atom stereocenters. The molecule has 2 heterocycles. The van der Waals surface area contributed by atoms with Gasteiger partial charge in [-0.1, -0.05) is 109 Å². The molecule has 0 aliphatic heterocycles. The molecule has 0 saturated carbocycles. The Kier molecular flexibility index (Phi) is 5.13. The third-order valence-corrected chi connectivity index (χ3v) is 9.40. The molecule has 10 rings (SSSR count). The molecule has 0 aliphatic rings. The number of para-hydroxylation sites is 3. The van der Waals surface area contributed by atoms with Crippen LogP contribution in [-0.4, -0.2) is 14.5 Å². The van der Waals surface area contributed by atoms with E-state index in [2.05, 4.69) is 109 Å². The molecule has 0 fully saturated rings. The minimum Gasteiger partial charge on any atom is -0.293 e. The van der Waals surface area contributed by atoms with Crippen molar-refractivity contribution in [3.05, 3.63) is 176 Å². The van der Waals surface area contributed by atoms with E-state index in [4.69, 9.17) is 16.8 Å². The second kappa shape index (κ2) is 11.0. The third kappa shape index (κ3) is 4.67. The van der Waals surface area contributed by atoms with Crippen molar-refractivity contribution < 1.29 is 6.85 Å². The Morgan fingerprint density at radius 2 is 0.939 bits per heavy atom. The van der Waals surface area contributed by atoms with E-state index in [1.54, 1.807) is 4.57 Å². The fraction of sp³-hybridized carbons (Fsp3) is 0. The van der Waals surface area contributed by atoms with Crippen molar-refractivity contribution >= 4 is 54.6 Å². The van der Waals surface area contributed by atoms with Crippen molar-refractivity contribution in [2.45, 2.75) is 0 Å². The van der Waals surface area contributed by atoms with Gasteiger partial charge in [0.05, 0.1) is 23.4 Å². The summed E-state index contributed by atoms with van der Waals surface area (Å²) in [6.07, 6.45) is 0. The molecule has 10 aromatic rings. The van der Waals surface area contributed by atoms with Gasteiger partial charge >= 0.3 is 0 Å². The Labute approximate surface area is 290 Å². The number of aromatic nitrogens is 3. The number of nitrogens with zero attached hydrogens (tertiary/aromatic N) is 3. The topological polar surface area (TPSA) is 30.7 Å². The summed E-state index contributed by atoms with van der Waals surface area (Å²) in [6.45, 7) is 0. The highest BCUT2D eigenvalue weighted by Crippen LogP contribution is 2.38. The van der Waals surface area contributed by atoms with Crippen LogP contribution in [0.15, 0.2) is 176 Å². The van der Waals surface area contributed by atoms with Gasteiger partial charge in [-0.3, -0.25) is 4.57 Å². The van der Waals surface area contributed by atoms with Crippen LogP contribution < -0.4 is 0 Å². The van der Waals surface area contributed by atoms with Gasteiger partial charge in [0.1, 0.15) is 5.52 Å². The molecule has 3 nitrogen and oxygen atoms in total. The largest absolute Gasteiger partial charge is 0.293 e. The highest BCUT2D eigenvalue weighted by molar-refractivity contribution is 6.09. The average Bonchev–Trinajstić information content (AvgIpc) is 3.52. The Balaban J connectivity index is 1.24. The van der Waals surface area contributed by atoms with Crippen LogP contribution in [0, 0.1) is 0 Å². The maximum Gasteiger partial charge on any atom is 0.165 e. The molecule has 3 heteroatoms.